The summed E-state index contributed by atoms with van der Waals surface area (Å²) in [6.45, 7) is 4.99. The molecular formula is C11H25N3O2S. The van der Waals surface area contributed by atoms with E-state index in [2.05, 4.69) is 10.2 Å². The van der Waals surface area contributed by atoms with E-state index < -0.39 is 10.0 Å². The second-order valence-corrected chi connectivity index (χ2v) is 7.13. The lowest BCUT2D eigenvalue weighted by Crippen LogP contribution is -2.46. The fourth-order valence-corrected chi connectivity index (χ4v) is 3.63. The van der Waals surface area contributed by atoms with Crippen LogP contribution in [-0.2, 0) is 10.0 Å². The van der Waals surface area contributed by atoms with Crippen LogP contribution in [0.15, 0.2) is 0 Å². The van der Waals surface area contributed by atoms with Gasteiger partial charge in [-0.15, -0.1) is 0 Å². The maximum Gasteiger partial charge on any atom is 0.214 e. The molecule has 1 rings (SSSR count). The Morgan fingerprint density at radius 1 is 1.41 bits per heavy atom. The zero-order valence-corrected chi connectivity index (χ0v) is 12.0. The van der Waals surface area contributed by atoms with Crippen LogP contribution in [0, 0.1) is 0 Å². The molecule has 1 N–H and O–H groups in total. The molecule has 0 bridgehead atoms. The monoisotopic (exact) mass is 263 g/mol. The van der Waals surface area contributed by atoms with Gasteiger partial charge >= 0.3 is 0 Å². The van der Waals surface area contributed by atoms with Gasteiger partial charge in [0, 0.05) is 19.1 Å². The van der Waals surface area contributed by atoms with Crippen molar-refractivity contribution in [2.24, 2.45) is 0 Å². The molecule has 1 heterocycles. The van der Waals surface area contributed by atoms with Crippen molar-refractivity contribution in [3.05, 3.63) is 0 Å². The summed E-state index contributed by atoms with van der Waals surface area (Å²) in [4.78, 5) is 2.08. The number of hydrogen-bond acceptors (Lipinski definition) is 4. The van der Waals surface area contributed by atoms with Crippen LogP contribution in [0.25, 0.3) is 0 Å². The molecule has 102 valence electrons. The van der Waals surface area contributed by atoms with E-state index in [4.69, 9.17) is 0 Å². The van der Waals surface area contributed by atoms with Gasteiger partial charge in [-0.1, -0.05) is 0 Å². The standard InChI is InChI=1S/C11H25N3O2S/c1-11-10-14(8-5-7-13(2)3)17(15,16)9-4-6-12-11/h11-12H,4-10H2,1-3H3. The summed E-state index contributed by atoms with van der Waals surface area (Å²) in [6.07, 6.45) is 1.59. The number of hydrogen-bond donors (Lipinski definition) is 1. The van der Waals surface area contributed by atoms with E-state index in [-0.39, 0.29) is 11.8 Å². The molecule has 1 unspecified atom stereocenters. The Morgan fingerprint density at radius 3 is 2.76 bits per heavy atom. The molecule has 1 aliphatic heterocycles. The van der Waals surface area contributed by atoms with Gasteiger partial charge in [-0.2, -0.15) is 0 Å². The summed E-state index contributed by atoms with van der Waals surface area (Å²) >= 11 is 0. The quantitative estimate of drug-likeness (QED) is 0.773. The summed E-state index contributed by atoms with van der Waals surface area (Å²) in [5, 5.41) is 3.33. The van der Waals surface area contributed by atoms with Gasteiger partial charge in [0.25, 0.3) is 0 Å². The highest BCUT2D eigenvalue weighted by Gasteiger charge is 2.25. The normalized spacial score (nSPS) is 26.7. The number of nitrogens with one attached hydrogen (secondary N) is 1. The third-order valence-corrected chi connectivity index (χ3v) is 4.88. The third-order valence-electron chi connectivity index (χ3n) is 2.96. The first-order valence-corrected chi connectivity index (χ1v) is 7.88. The maximum absolute atomic E-state index is 12.1. The van der Waals surface area contributed by atoms with Crippen LogP contribution < -0.4 is 5.32 Å². The summed E-state index contributed by atoms with van der Waals surface area (Å²) in [7, 11) is 0.973. The van der Waals surface area contributed by atoms with Gasteiger partial charge in [-0.25, -0.2) is 12.7 Å². The van der Waals surface area contributed by atoms with Crippen LogP contribution in [0.2, 0.25) is 0 Å². The highest BCUT2D eigenvalue weighted by atomic mass is 32.2. The Balaban J connectivity index is 2.56. The Morgan fingerprint density at radius 2 is 2.12 bits per heavy atom. The minimum atomic E-state index is -3.04. The molecule has 5 nitrogen and oxygen atoms in total. The minimum absolute atomic E-state index is 0.240. The Hall–Kier alpha value is -0.170. The first-order chi connectivity index (χ1) is 7.92. The van der Waals surface area contributed by atoms with Crippen molar-refractivity contribution in [2.45, 2.75) is 25.8 Å². The van der Waals surface area contributed by atoms with Gasteiger partial charge in [0.1, 0.15) is 0 Å². The summed E-state index contributed by atoms with van der Waals surface area (Å²) < 4.78 is 25.8. The van der Waals surface area contributed by atoms with Crippen LogP contribution in [0.5, 0.6) is 0 Å². The average molecular weight is 263 g/mol. The lowest BCUT2D eigenvalue weighted by atomic mass is 10.3. The van der Waals surface area contributed by atoms with E-state index >= 15 is 0 Å². The van der Waals surface area contributed by atoms with Crippen molar-refractivity contribution in [3.63, 3.8) is 0 Å². The van der Waals surface area contributed by atoms with Crippen LogP contribution >= 0.6 is 0 Å². The summed E-state index contributed by atoms with van der Waals surface area (Å²) in [5.41, 5.74) is 0. The molecule has 1 atom stereocenters. The average Bonchev–Trinajstić information content (AvgIpc) is 2.21. The van der Waals surface area contributed by atoms with Crippen molar-refractivity contribution in [2.75, 3.05) is 46.0 Å². The largest absolute Gasteiger partial charge is 0.313 e. The minimum Gasteiger partial charge on any atom is -0.313 e. The van der Waals surface area contributed by atoms with Crippen molar-refractivity contribution in [1.29, 1.82) is 0 Å². The van der Waals surface area contributed by atoms with Gasteiger partial charge in [0.2, 0.25) is 10.0 Å². The molecule has 0 aromatic rings. The SMILES string of the molecule is CC1CN(CCCN(C)C)S(=O)(=O)CCCN1. The van der Waals surface area contributed by atoms with Gasteiger partial charge < -0.3 is 10.2 Å². The van der Waals surface area contributed by atoms with Gasteiger partial charge in [-0.3, -0.25) is 0 Å². The molecular weight excluding hydrogens is 238 g/mol. The predicted octanol–water partition coefficient (Wildman–Crippen LogP) is -0.0483. The van der Waals surface area contributed by atoms with Gasteiger partial charge in [0.05, 0.1) is 5.75 Å². The fraction of sp³-hybridized carbons (Fsp3) is 1.00. The van der Waals surface area contributed by atoms with E-state index in [0.717, 1.165) is 19.5 Å². The molecule has 0 spiro atoms. The van der Waals surface area contributed by atoms with Crippen LogP contribution in [0.3, 0.4) is 0 Å². The van der Waals surface area contributed by atoms with Crippen LogP contribution in [0.1, 0.15) is 19.8 Å². The van der Waals surface area contributed by atoms with E-state index in [1.54, 1.807) is 4.31 Å². The molecule has 1 fully saturated rings. The lowest BCUT2D eigenvalue weighted by molar-refractivity contribution is 0.322. The molecule has 17 heavy (non-hydrogen) atoms. The van der Waals surface area contributed by atoms with Crippen LogP contribution in [0.4, 0.5) is 0 Å². The molecule has 0 amide bonds. The van der Waals surface area contributed by atoms with Crippen molar-refractivity contribution in [3.8, 4) is 0 Å². The molecule has 0 aliphatic carbocycles. The number of rotatable bonds is 4. The number of nitrogens with zero attached hydrogens (tertiary/aromatic N) is 2. The Kier molecular flexibility index (Phi) is 5.85. The Labute approximate surface area is 105 Å². The van der Waals surface area contributed by atoms with E-state index in [0.29, 0.717) is 19.5 Å². The second kappa shape index (κ2) is 6.68. The first kappa shape index (κ1) is 14.9. The zero-order chi connectivity index (χ0) is 12.9. The van der Waals surface area contributed by atoms with E-state index in [9.17, 15) is 8.42 Å². The van der Waals surface area contributed by atoms with Crippen molar-refractivity contribution >= 4 is 10.0 Å². The fourth-order valence-electron chi connectivity index (χ4n) is 2.01. The topological polar surface area (TPSA) is 52.7 Å². The molecule has 0 aromatic carbocycles. The smallest absolute Gasteiger partial charge is 0.214 e. The lowest BCUT2D eigenvalue weighted by Gasteiger charge is -2.28. The molecule has 0 aromatic heterocycles. The van der Waals surface area contributed by atoms with E-state index in [1.165, 1.54) is 0 Å². The Bertz CT molecular complexity index is 317. The molecule has 6 heteroatoms. The predicted molar refractivity (Wildman–Crippen MR) is 70.6 cm³/mol. The van der Waals surface area contributed by atoms with E-state index in [1.807, 2.05) is 21.0 Å². The zero-order valence-electron chi connectivity index (χ0n) is 11.1. The molecule has 1 saturated heterocycles. The van der Waals surface area contributed by atoms with Crippen LogP contribution in [-0.4, -0.2) is 69.7 Å². The van der Waals surface area contributed by atoms with Gasteiger partial charge in [-0.05, 0) is 47.0 Å². The summed E-state index contributed by atoms with van der Waals surface area (Å²) in [5.74, 6) is 0.273. The van der Waals surface area contributed by atoms with Crippen molar-refractivity contribution < 1.29 is 8.42 Å². The summed E-state index contributed by atoms with van der Waals surface area (Å²) in [6, 6.07) is 0.240. The third kappa shape index (κ3) is 5.33. The maximum atomic E-state index is 12.1. The second-order valence-electron chi connectivity index (χ2n) is 5.04. The highest BCUT2D eigenvalue weighted by molar-refractivity contribution is 7.89. The number of sulfonamides is 1. The molecule has 0 radical (unpaired) electrons. The molecule has 0 saturated carbocycles. The molecule has 1 aliphatic rings. The van der Waals surface area contributed by atoms with Crippen molar-refractivity contribution in [1.82, 2.24) is 14.5 Å². The first-order valence-electron chi connectivity index (χ1n) is 6.28. The van der Waals surface area contributed by atoms with Gasteiger partial charge in [0.15, 0.2) is 0 Å². The highest BCUT2D eigenvalue weighted by Crippen LogP contribution is 2.08.